The highest BCUT2D eigenvalue weighted by Gasteiger charge is 2.34. The standard InChI is InChI=1S/C27H34N2O3/c1-17(19-12-8-6-9-13-19)22-24(21(29)16-28)23(18(2)20-14-10-7-11-15-20)26(31-4)27(32-5)25(22)30-3/h6-15,17-18,21H,16,28-29H2,1-5H3/t17-,18-,21?/m1/s1. The Morgan fingerprint density at radius 2 is 1.00 bits per heavy atom. The maximum atomic E-state index is 6.69. The molecule has 0 heterocycles. The predicted octanol–water partition coefficient (Wildman–Crippen LogP) is 4.97. The molecule has 1 unspecified atom stereocenters. The summed E-state index contributed by atoms with van der Waals surface area (Å²) in [5.74, 6) is 1.83. The molecule has 3 atom stereocenters. The van der Waals surface area contributed by atoms with Gasteiger partial charge in [-0.2, -0.15) is 0 Å². The van der Waals surface area contributed by atoms with Crippen LogP contribution in [0.3, 0.4) is 0 Å². The van der Waals surface area contributed by atoms with Gasteiger partial charge < -0.3 is 25.7 Å². The van der Waals surface area contributed by atoms with Gasteiger partial charge in [-0.3, -0.25) is 0 Å². The van der Waals surface area contributed by atoms with Gasteiger partial charge in [0, 0.05) is 35.5 Å². The summed E-state index contributed by atoms with van der Waals surface area (Å²) in [7, 11) is 4.93. The number of ether oxygens (including phenoxy) is 3. The van der Waals surface area contributed by atoms with Crippen LogP contribution in [0.5, 0.6) is 17.2 Å². The van der Waals surface area contributed by atoms with Crippen LogP contribution in [0.4, 0.5) is 0 Å². The van der Waals surface area contributed by atoms with E-state index in [1.807, 2.05) is 36.4 Å². The second kappa shape index (κ2) is 10.5. The highest BCUT2D eigenvalue weighted by Crippen LogP contribution is 2.53. The van der Waals surface area contributed by atoms with E-state index in [0.717, 1.165) is 27.8 Å². The van der Waals surface area contributed by atoms with E-state index in [1.165, 1.54) is 0 Å². The molecule has 3 aromatic carbocycles. The Hall–Kier alpha value is -3.02. The summed E-state index contributed by atoms with van der Waals surface area (Å²) in [4.78, 5) is 0. The summed E-state index contributed by atoms with van der Waals surface area (Å²) in [5.41, 5.74) is 18.0. The van der Waals surface area contributed by atoms with Crippen molar-refractivity contribution in [2.24, 2.45) is 11.5 Å². The molecule has 0 aliphatic heterocycles. The van der Waals surface area contributed by atoms with Gasteiger partial charge in [-0.1, -0.05) is 74.5 Å². The predicted molar refractivity (Wildman–Crippen MR) is 130 cm³/mol. The molecular weight excluding hydrogens is 400 g/mol. The Labute approximate surface area is 191 Å². The summed E-state index contributed by atoms with van der Waals surface area (Å²) in [6.07, 6.45) is 0. The number of nitrogens with two attached hydrogens (primary N) is 2. The molecule has 0 aliphatic carbocycles. The van der Waals surface area contributed by atoms with Gasteiger partial charge in [-0.25, -0.2) is 0 Å². The van der Waals surface area contributed by atoms with Crippen LogP contribution in [0.25, 0.3) is 0 Å². The van der Waals surface area contributed by atoms with Crippen molar-refractivity contribution < 1.29 is 14.2 Å². The Morgan fingerprint density at radius 1 is 0.625 bits per heavy atom. The van der Waals surface area contributed by atoms with Gasteiger partial charge in [0.05, 0.1) is 21.3 Å². The minimum absolute atomic E-state index is 0.000259. The van der Waals surface area contributed by atoms with Gasteiger partial charge >= 0.3 is 0 Å². The van der Waals surface area contributed by atoms with E-state index in [9.17, 15) is 0 Å². The fourth-order valence-corrected chi connectivity index (χ4v) is 4.52. The molecule has 0 bridgehead atoms. The van der Waals surface area contributed by atoms with E-state index >= 15 is 0 Å². The van der Waals surface area contributed by atoms with Crippen molar-refractivity contribution in [2.75, 3.05) is 27.9 Å². The highest BCUT2D eigenvalue weighted by atomic mass is 16.5. The third-order valence-corrected chi connectivity index (χ3v) is 6.18. The Kier molecular flexibility index (Phi) is 7.78. The van der Waals surface area contributed by atoms with Crippen molar-refractivity contribution in [3.63, 3.8) is 0 Å². The lowest BCUT2D eigenvalue weighted by molar-refractivity contribution is 0.317. The topological polar surface area (TPSA) is 79.7 Å². The van der Waals surface area contributed by atoms with Crippen LogP contribution in [0.2, 0.25) is 0 Å². The second-order valence-electron chi connectivity index (χ2n) is 7.95. The van der Waals surface area contributed by atoms with Crippen molar-refractivity contribution in [1.82, 2.24) is 0 Å². The normalized spacial score (nSPS) is 13.8. The van der Waals surface area contributed by atoms with E-state index in [0.29, 0.717) is 23.8 Å². The molecule has 0 radical (unpaired) electrons. The summed E-state index contributed by atoms with van der Waals surface area (Å²) in [5, 5.41) is 0. The Balaban J connectivity index is 2.44. The van der Waals surface area contributed by atoms with Crippen LogP contribution >= 0.6 is 0 Å². The van der Waals surface area contributed by atoms with Gasteiger partial charge in [0.1, 0.15) is 0 Å². The summed E-state index contributed by atoms with van der Waals surface area (Å²) < 4.78 is 17.7. The zero-order valence-corrected chi connectivity index (χ0v) is 19.6. The second-order valence-corrected chi connectivity index (χ2v) is 7.95. The van der Waals surface area contributed by atoms with E-state index < -0.39 is 6.04 Å². The summed E-state index contributed by atoms with van der Waals surface area (Å²) in [6, 6.07) is 20.2. The minimum atomic E-state index is -0.397. The van der Waals surface area contributed by atoms with Crippen molar-refractivity contribution in [3.8, 4) is 17.2 Å². The molecule has 0 fully saturated rings. The van der Waals surface area contributed by atoms with Crippen LogP contribution in [-0.2, 0) is 0 Å². The number of hydrogen-bond donors (Lipinski definition) is 2. The van der Waals surface area contributed by atoms with Gasteiger partial charge in [0.15, 0.2) is 11.5 Å². The number of hydrogen-bond acceptors (Lipinski definition) is 5. The maximum Gasteiger partial charge on any atom is 0.203 e. The Morgan fingerprint density at radius 3 is 1.31 bits per heavy atom. The molecule has 0 aliphatic rings. The molecule has 4 N–H and O–H groups in total. The molecule has 0 aromatic heterocycles. The monoisotopic (exact) mass is 434 g/mol. The molecule has 170 valence electrons. The van der Waals surface area contributed by atoms with E-state index in [2.05, 4.69) is 38.1 Å². The van der Waals surface area contributed by atoms with Crippen LogP contribution in [0.1, 0.15) is 59.5 Å². The smallest absolute Gasteiger partial charge is 0.203 e. The van der Waals surface area contributed by atoms with Crippen LogP contribution in [0, 0.1) is 0 Å². The quantitative estimate of drug-likeness (QED) is 0.497. The van der Waals surface area contributed by atoms with E-state index in [1.54, 1.807) is 21.3 Å². The maximum absolute atomic E-state index is 6.69. The first kappa shape index (κ1) is 23.6. The molecule has 0 amide bonds. The van der Waals surface area contributed by atoms with Crippen molar-refractivity contribution in [1.29, 1.82) is 0 Å². The summed E-state index contributed by atoms with van der Waals surface area (Å²) >= 11 is 0. The zero-order chi connectivity index (χ0) is 23.3. The van der Waals surface area contributed by atoms with E-state index in [4.69, 9.17) is 25.7 Å². The average Bonchev–Trinajstić information content (AvgIpc) is 2.86. The number of benzene rings is 3. The van der Waals surface area contributed by atoms with Gasteiger partial charge in [0.25, 0.3) is 0 Å². The number of methoxy groups -OCH3 is 3. The van der Waals surface area contributed by atoms with Crippen LogP contribution in [-0.4, -0.2) is 27.9 Å². The van der Waals surface area contributed by atoms with Gasteiger partial charge in [-0.15, -0.1) is 0 Å². The minimum Gasteiger partial charge on any atom is -0.492 e. The molecule has 0 saturated carbocycles. The lowest BCUT2D eigenvalue weighted by Crippen LogP contribution is -2.26. The molecule has 3 rings (SSSR count). The average molecular weight is 435 g/mol. The first-order valence-electron chi connectivity index (χ1n) is 10.9. The molecule has 5 heteroatoms. The lowest BCUT2D eigenvalue weighted by Gasteiger charge is -2.31. The van der Waals surface area contributed by atoms with Crippen molar-refractivity contribution in [2.45, 2.75) is 31.7 Å². The lowest BCUT2D eigenvalue weighted by atomic mass is 9.78. The number of rotatable bonds is 9. The fourth-order valence-electron chi connectivity index (χ4n) is 4.52. The van der Waals surface area contributed by atoms with Gasteiger partial charge in [0.2, 0.25) is 5.75 Å². The molecular formula is C27H34N2O3. The molecule has 0 spiro atoms. The van der Waals surface area contributed by atoms with Crippen LogP contribution in [0.15, 0.2) is 60.7 Å². The third kappa shape index (κ3) is 4.31. The molecule has 32 heavy (non-hydrogen) atoms. The van der Waals surface area contributed by atoms with Crippen molar-refractivity contribution in [3.05, 3.63) is 88.5 Å². The Bertz CT molecular complexity index is 948. The van der Waals surface area contributed by atoms with E-state index in [-0.39, 0.29) is 11.8 Å². The third-order valence-electron chi connectivity index (χ3n) is 6.18. The van der Waals surface area contributed by atoms with Crippen LogP contribution < -0.4 is 25.7 Å². The largest absolute Gasteiger partial charge is 0.492 e. The molecule has 5 nitrogen and oxygen atoms in total. The molecule has 3 aromatic rings. The highest BCUT2D eigenvalue weighted by molar-refractivity contribution is 5.68. The first-order valence-corrected chi connectivity index (χ1v) is 10.9. The summed E-state index contributed by atoms with van der Waals surface area (Å²) in [6.45, 7) is 4.60. The fraction of sp³-hybridized carbons (Fsp3) is 0.333. The zero-order valence-electron chi connectivity index (χ0n) is 19.6. The SMILES string of the molecule is COc1c(OC)c([C@H](C)c2ccccc2)c(C(N)CN)c([C@H](C)c2ccccc2)c1OC. The molecule has 0 saturated heterocycles. The first-order chi connectivity index (χ1) is 15.5. The van der Waals surface area contributed by atoms with Crippen molar-refractivity contribution >= 4 is 0 Å². The van der Waals surface area contributed by atoms with Gasteiger partial charge in [-0.05, 0) is 16.7 Å².